The number of likely N-dealkylation sites (tertiary alicyclic amines) is 1. The first-order valence-corrected chi connectivity index (χ1v) is 8.47. The Bertz CT molecular complexity index is 687. The number of aliphatic hydroxyl groups is 1. The summed E-state index contributed by atoms with van der Waals surface area (Å²) in [6.07, 6.45) is 0.624. The van der Waals surface area contributed by atoms with E-state index >= 15 is 0 Å². The Balaban J connectivity index is 1.64. The molecule has 1 aliphatic heterocycles. The van der Waals surface area contributed by atoms with Crippen LogP contribution in [0.15, 0.2) is 54.6 Å². The van der Waals surface area contributed by atoms with E-state index in [2.05, 4.69) is 23.2 Å². The molecule has 0 spiro atoms. The van der Waals surface area contributed by atoms with Gasteiger partial charge in [-0.15, -0.1) is 0 Å². The normalized spacial score (nSPS) is 21.4. The van der Waals surface area contributed by atoms with Gasteiger partial charge in [-0.05, 0) is 42.2 Å². The summed E-state index contributed by atoms with van der Waals surface area (Å²) in [4.78, 5) is 14.7. The lowest BCUT2D eigenvalue weighted by molar-refractivity contribution is 0.0320. The molecule has 4 heteroatoms. The monoisotopic (exact) mass is 324 g/mol. The first kappa shape index (κ1) is 16.7. The Morgan fingerprint density at radius 2 is 2.00 bits per heavy atom. The van der Waals surface area contributed by atoms with E-state index in [4.69, 9.17) is 0 Å². The lowest BCUT2D eigenvalue weighted by atomic mass is 9.96. The summed E-state index contributed by atoms with van der Waals surface area (Å²) in [6, 6.07) is 17.2. The summed E-state index contributed by atoms with van der Waals surface area (Å²) in [5.41, 5.74) is 2.59. The van der Waals surface area contributed by atoms with Crippen LogP contribution < -0.4 is 5.32 Å². The number of hydrogen-bond donors (Lipinski definition) is 2. The topological polar surface area (TPSA) is 52.6 Å². The molecule has 0 aromatic heterocycles. The lowest BCUT2D eigenvalue weighted by Crippen LogP contribution is -2.41. The summed E-state index contributed by atoms with van der Waals surface area (Å²) in [5, 5.41) is 12.8. The van der Waals surface area contributed by atoms with Crippen LogP contribution in [-0.2, 0) is 6.54 Å². The predicted octanol–water partition coefficient (Wildman–Crippen LogP) is 3.14. The number of rotatable bonds is 4. The van der Waals surface area contributed by atoms with Crippen LogP contribution in [0.2, 0.25) is 0 Å². The number of aliphatic hydroxyl groups excluding tert-OH is 1. The largest absolute Gasteiger partial charge is 0.393 e. The van der Waals surface area contributed by atoms with Gasteiger partial charge in [-0.2, -0.15) is 0 Å². The number of hydrogen-bond acceptors (Lipinski definition) is 3. The van der Waals surface area contributed by atoms with Gasteiger partial charge in [0.1, 0.15) is 0 Å². The van der Waals surface area contributed by atoms with E-state index in [1.807, 2.05) is 48.5 Å². The highest BCUT2D eigenvalue weighted by molar-refractivity contribution is 6.04. The second-order valence-electron chi connectivity index (χ2n) is 6.59. The molecule has 1 heterocycles. The number of carbonyl (C=O) groups is 1. The molecule has 0 bridgehead atoms. The molecule has 2 N–H and O–H groups in total. The number of amides is 1. The molecule has 1 aliphatic rings. The van der Waals surface area contributed by atoms with Gasteiger partial charge in [0.2, 0.25) is 0 Å². The molecule has 1 amide bonds. The molecule has 3 rings (SSSR count). The highest BCUT2D eigenvalue weighted by Gasteiger charge is 2.24. The van der Waals surface area contributed by atoms with Gasteiger partial charge in [0.05, 0.1) is 6.10 Å². The molecular formula is C20H24N2O2. The molecule has 2 atom stereocenters. The molecular weight excluding hydrogens is 300 g/mol. The molecule has 0 aliphatic carbocycles. The van der Waals surface area contributed by atoms with E-state index in [9.17, 15) is 9.90 Å². The van der Waals surface area contributed by atoms with Crippen molar-refractivity contribution in [2.45, 2.75) is 26.0 Å². The zero-order valence-electron chi connectivity index (χ0n) is 14.0. The number of nitrogens with one attached hydrogen (secondary N) is 1. The van der Waals surface area contributed by atoms with Crippen molar-refractivity contribution < 1.29 is 9.90 Å². The van der Waals surface area contributed by atoms with Crippen LogP contribution in [-0.4, -0.2) is 35.1 Å². The summed E-state index contributed by atoms with van der Waals surface area (Å²) in [6.45, 7) is 4.68. The third-order valence-electron chi connectivity index (χ3n) is 4.57. The fourth-order valence-electron chi connectivity index (χ4n) is 3.16. The number of nitrogens with zero attached hydrogens (tertiary/aromatic N) is 1. The second kappa shape index (κ2) is 7.60. The maximum absolute atomic E-state index is 12.4. The van der Waals surface area contributed by atoms with Crippen LogP contribution in [0.25, 0.3) is 0 Å². The molecule has 2 aromatic carbocycles. The molecule has 126 valence electrons. The highest BCUT2D eigenvalue weighted by atomic mass is 16.3. The number of para-hydroxylation sites is 1. The predicted molar refractivity (Wildman–Crippen MR) is 95.9 cm³/mol. The van der Waals surface area contributed by atoms with Gasteiger partial charge in [0.25, 0.3) is 5.91 Å². The Labute approximate surface area is 143 Å². The fourth-order valence-corrected chi connectivity index (χ4v) is 3.16. The third kappa shape index (κ3) is 4.22. The molecule has 4 nitrogen and oxygen atoms in total. The molecule has 0 radical (unpaired) electrons. The SMILES string of the molecule is CC1CN(Cc2cccc(C(=O)Nc3ccccc3)c2)CCC1O. The minimum atomic E-state index is -0.191. The van der Waals surface area contributed by atoms with Crippen LogP contribution >= 0.6 is 0 Å². The van der Waals surface area contributed by atoms with Crippen molar-refractivity contribution in [2.24, 2.45) is 5.92 Å². The minimum Gasteiger partial charge on any atom is -0.393 e. The van der Waals surface area contributed by atoms with E-state index < -0.39 is 0 Å². The van der Waals surface area contributed by atoms with Crippen molar-refractivity contribution in [3.63, 3.8) is 0 Å². The summed E-state index contributed by atoms with van der Waals surface area (Å²) in [5.74, 6) is 0.203. The zero-order valence-corrected chi connectivity index (χ0v) is 14.0. The van der Waals surface area contributed by atoms with Crippen molar-refractivity contribution in [1.82, 2.24) is 4.90 Å². The van der Waals surface area contributed by atoms with Crippen LogP contribution in [0.3, 0.4) is 0 Å². The summed E-state index contributed by atoms with van der Waals surface area (Å²) in [7, 11) is 0. The van der Waals surface area contributed by atoms with Gasteiger partial charge in [0, 0.05) is 30.9 Å². The molecule has 0 saturated carbocycles. The van der Waals surface area contributed by atoms with Crippen LogP contribution in [0.1, 0.15) is 29.3 Å². The average Bonchev–Trinajstić information content (AvgIpc) is 2.59. The van der Waals surface area contributed by atoms with Crippen LogP contribution in [0.5, 0.6) is 0 Å². The van der Waals surface area contributed by atoms with Gasteiger partial charge >= 0.3 is 0 Å². The van der Waals surface area contributed by atoms with Crippen molar-refractivity contribution in [3.8, 4) is 0 Å². The van der Waals surface area contributed by atoms with E-state index in [1.54, 1.807) is 0 Å². The van der Waals surface area contributed by atoms with Crippen molar-refractivity contribution >= 4 is 11.6 Å². The maximum Gasteiger partial charge on any atom is 0.255 e. The number of carbonyl (C=O) groups excluding carboxylic acids is 1. The Hall–Kier alpha value is -2.17. The molecule has 1 saturated heterocycles. The van der Waals surface area contributed by atoms with Gasteiger partial charge in [-0.3, -0.25) is 9.69 Å². The van der Waals surface area contributed by atoms with E-state index in [1.165, 1.54) is 0 Å². The first-order chi connectivity index (χ1) is 11.6. The van der Waals surface area contributed by atoms with Gasteiger partial charge in [-0.25, -0.2) is 0 Å². The number of benzene rings is 2. The zero-order chi connectivity index (χ0) is 16.9. The lowest BCUT2D eigenvalue weighted by Gasteiger charge is -2.34. The molecule has 2 aromatic rings. The van der Waals surface area contributed by atoms with Crippen LogP contribution in [0.4, 0.5) is 5.69 Å². The van der Waals surface area contributed by atoms with Crippen molar-refractivity contribution in [2.75, 3.05) is 18.4 Å². The van der Waals surface area contributed by atoms with Gasteiger partial charge in [-0.1, -0.05) is 37.3 Å². The van der Waals surface area contributed by atoms with E-state index in [0.717, 1.165) is 37.3 Å². The maximum atomic E-state index is 12.4. The number of anilines is 1. The smallest absolute Gasteiger partial charge is 0.255 e. The van der Waals surface area contributed by atoms with Crippen molar-refractivity contribution in [3.05, 3.63) is 65.7 Å². The quantitative estimate of drug-likeness (QED) is 0.908. The standard InChI is InChI=1S/C20H24N2O2/c1-15-13-22(11-10-19(15)23)14-16-6-5-7-17(12-16)20(24)21-18-8-3-2-4-9-18/h2-9,12,15,19,23H,10-11,13-14H2,1H3,(H,21,24). The Morgan fingerprint density at radius 3 is 2.75 bits per heavy atom. The van der Waals surface area contributed by atoms with Crippen molar-refractivity contribution in [1.29, 1.82) is 0 Å². The average molecular weight is 324 g/mol. The highest BCUT2D eigenvalue weighted by Crippen LogP contribution is 2.19. The molecule has 24 heavy (non-hydrogen) atoms. The summed E-state index contributed by atoms with van der Waals surface area (Å²) < 4.78 is 0. The minimum absolute atomic E-state index is 0.0921. The van der Waals surface area contributed by atoms with E-state index in [0.29, 0.717) is 11.5 Å². The van der Waals surface area contributed by atoms with Crippen LogP contribution in [0, 0.1) is 5.92 Å². The molecule has 1 fully saturated rings. The molecule has 2 unspecified atom stereocenters. The Kier molecular flexibility index (Phi) is 5.28. The summed E-state index contributed by atoms with van der Waals surface area (Å²) >= 11 is 0. The van der Waals surface area contributed by atoms with E-state index in [-0.39, 0.29) is 12.0 Å². The third-order valence-corrected chi connectivity index (χ3v) is 4.57. The second-order valence-corrected chi connectivity index (χ2v) is 6.59. The Morgan fingerprint density at radius 1 is 1.21 bits per heavy atom. The fraction of sp³-hybridized carbons (Fsp3) is 0.350. The first-order valence-electron chi connectivity index (χ1n) is 8.47. The number of piperidine rings is 1. The van der Waals surface area contributed by atoms with Gasteiger partial charge < -0.3 is 10.4 Å². The van der Waals surface area contributed by atoms with Gasteiger partial charge in [0.15, 0.2) is 0 Å².